The van der Waals surface area contributed by atoms with Crippen molar-refractivity contribution in [3.63, 3.8) is 0 Å². The number of amides is 1. The van der Waals surface area contributed by atoms with Gasteiger partial charge < -0.3 is 19.5 Å². The highest BCUT2D eigenvalue weighted by Crippen LogP contribution is 2.78. The van der Waals surface area contributed by atoms with E-state index in [1.165, 1.54) is 37.7 Å². The first kappa shape index (κ1) is 40.3. The Balaban J connectivity index is 1.10. The second-order valence-corrected chi connectivity index (χ2v) is 21.7. The van der Waals surface area contributed by atoms with Gasteiger partial charge in [-0.2, -0.15) is 0 Å². The second kappa shape index (κ2) is 14.2. The number of ether oxygens (including phenoxy) is 2. The van der Waals surface area contributed by atoms with E-state index in [-0.39, 0.29) is 45.6 Å². The van der Waals surface area contributed by atoms with Crippen LogP contribution in [-0.2, 0) is 23.9 Å². The smallest absolute Gasteiger partial charge is 0.309 e. The molecule has 0 radical (unpaired) electrons. The summed E-state index contributed by atoms with van der Waals surface area (Å²) in [6, 6.07) is 0.336. The summed E-state index contributed by atoms with van der Waals surface area (Å²) in [5.41, 5.74) is 0.605. The molecular formula is C46H74N2O6. The molecule has 7 aliphatic rings. The van der Waals surface area contributed by atoms with Gasteiger partial charge in [0.1, 0.15) is 6.10 Å². The number of nitrogens with zero attached hydrogens (tertiary/aromatic N) is 2. The Morgan fingerprint density at radius 2 is 1.57 bits per heavy atom. The topological polar surface area (TPSA) is 96.4 Å². The zero-order valence-corrected chi connectivity index (χ0v) is 35.3. The summed E-state index contributed by atoms with van der Waals surface area (Å²) in [5, 5.41) is 9.64. The highest BCUT2D eigenvalue weighted by atomic mass is 16.5. The molecule has 8 heteroatoms. The minimum atomic E-state index is -1.14. The predicted octanol–water partition coefficient (Wildman–Crippen LogP) is 8.77. The number of aliphatic carboxylic acids is 1. The Morgan fingerprint density at radius 3 is 2.26 bits per heavy atom. The van der Waals surface area contributed by atoms with Crippen molar-refractivity contribution < 1.29 is 29.0 Å². The van der Waals surface area contributed by atoms with E-state index >= 15 is 0 Å². The number of fused-ring (bicyclic) bond motifs is 7. The standard InChI is InChI=1S/C46H74N2O6/c1-30(2)32-14-19-46(27-37(49)48-22-10-11-31(48)29-47-23-25-53-26-24-47)21-20-44(8)33(39(32)46)12-13-35-43(7)17-16-36(54-38(50)28-41(3,4)40(51)52)42(5,6)34(43)15-18-45(35,44)9/h31-36,39H,1,10-29H2,2-9H3,(H,51,52)/t31-,32-,33+,34-,35+,36-,39+,43-,44+,45+,46+/m0/s1. The molecule has 304 valence electrons. The summed E-state index contributed by atoms with van der Waals surface area (Å²) >= 11 is 0. The van der Waals surface area contributed by atoms with E-state index in [1.54, 1.807) is 13.8 Å². The number of hydrogen-bond donors (Lipinski definition) is 1. The molecule has 5 saturated carbocycles. The fraction of sp³-hybridized carbons (Fsp3) is 0.891. The predicted molar refractivity (Wildman–Crippen MR) is 211 cm³/mol. The van der Waals surface area contributed by atoms with Gasteiger partial charge in [0.15, 0.2) is 0 Å². The molecule has 5 aliphatic carbocycles. The van der Waals surface area contributed by atoms with Crippen molar-refractivity contribution >= 4 is 17.8 Å². The molecule has 2 saturated heterocycles. The van der Waals surface area contributed by atoms with Gasteiger partial charge in [-0.3, -0.25) is 19.3 Å². The number of carbonyl (C=O) groups excluding carboxylic acids is 2. The monoisotopic (exact) mass is 751 g/mol. The van der Waals surface area contributed by atoms with Crippen LogP contribution in [0.2, 0.25) is 0 Å². The fourth-order valence-electron chi connectivity index (χ4n) is 15.3. The highest BCUT2D eigenvalue weighted by molar-refractivity contribution is 5.81. The van der Waals surface area contributed by atoms with Gasteiger partial charge >= 0.3 is 11.9 Å². The second-order valence-electron chi connectivity index (χ2n) is 21.7. The van der Waals surface area contributed by atoms with Gasteiger partial charge in [-0.05, 0) is 149 Å². The van der Waals surface area contributed by atoms with Gasteiger partial charge in [0.25, 0.3) is 0 Å². The Morgan fingerprint density at radius 1 is 0.852 bits per heavy atom. The van der Waals surface area contributed by atoms with E-state index in [0.717, 1.165) is 84.3 Å². The van der Waals surface area contributed by atoms with E-state index in [9.17, 15) is 19.5 Å². The van der Waals surface area contributed by atoms with Crippen molar-refractivity contribution in [1.29, 1.82) is 0 Å². The number of allylic oxidation sites excluding steroid dienone is 1. The molecule has 54 heavy (non-hydrogen) atoms. The van der Waals surface area contributed by atoms with Gasteiger partial charge in [0.05, 0.1) is 25.0 Å². The molecule has 1 amide bonds. The van der Waals surface area contributed by atoms with Gasteiger partial charge in [-0.1, -0.05) is 46.8 Å². The summed E-state index contributed by atoms with van der Waals surface area (Å²) in [6.07, 6.45) is 14.0. The van der Waals surface area contributed by atoms with Crippen LogP contribution in [0.4, 0.5) is 0 Å². The zero-order chi connectivity index (χ0) is 39.1. The Kier molecular flexibility index (Phi) is 10.6. The first-order chi connectivity index (χ1) is 25.3. The summed E-state index contributed by atoms with van der Waals surface area (Å²) in [5.74, 6) is 1.69. The first-order valence-corrected chi connectivity index (χ1v) is 22.0. The van der Waals surface area contributed by atoms with E-state index < -0.39 is 11.4 Å². The van der Waals surface area contributed by atoms with Crippen LogP contribution < -0.4 is 0 Å². The summed E-state index contributed by atoms with van der Waals surface area (Å²) in [7, 11) is 0. The van der Waals surface area contributed by atoms with Crippen molar-refractivity contribution in [2.24, 2.45) is 62.1 Å². The van der Waals surface area contributed by atoms with Crippen molar-refractivity contribution in [1.82, 2.24) is 9.80 Å². The van der Waals surface area contributed by atoms with Gasteiger partial charge in [0, 0.05) is 44.1 Å². The van der Waals surface area contributed by atoms with Crippen LogP contribution in [0.25, 0.3) is 0 Å². The molecule has 0 spiro atoms. The lowest BCUT2D eigenvalue weighted by molar-refractivity contribution is -0.250. The van der Waals surface area contributed by atoms with E-state index in [2.05, 4.69) is 57.9 Å². The average molecular weight is 751 g/mol. The SMILES string of the molecule is C=C(C)[C@@H]1CC[C@]2(CC(=O)N3CCC[C@H]3CN3CCOCC3)CC[C@]3(C)[C@H](CC[C@@H]4[C@@]5(C)CC[C@H](OC(=O)CC(C)(C)C(=O)O)C(C)(C)[C@@H]5CC[C@]43C)[C@@H]12. The number of carbonyl (C=O) groups is 3. The van der Waals surface area contributed by atoms with Crippen molar-refractivity contribution in [3.8, 4) is 0 Å². The minimum Gasteiger partial charge on any atom is -0.481 e. The van der Waals surface area contributed by atoms with E-state index in [4.69, 9.17) is 9.47 Å². The molecule has 0 aromatic heterocycles. The number of hydrogen-bond acceptors (Lipinski definition) is 6. The van der Waals surface area contributed by atoms with Crippen LogP contribution in [0, 0.1) is 62.1 Å². The average Bonchev–Trinajstić information content (AvgIpc) is 3.72. The number of esters is 1. The molecule has 7 rings (SSSR count). The third kappa shape index (κ3) is 6.42. The lowest BCUT2D eigenvalue weighted by atomic mass is 9.32. The van der Waals surface area contributed by atoms with Gasteiger partial charge in [-0.25, -0.2) is 0 Å². The van der Waals surface area contributed by atoms with Crippen LogP contribution in [0.1, 0.15) is 145 Å². The van der Waals surface area contributed by atoms with E-state index in [1.807, 2.05) is 0 Å². The molecule has 2 aliphatic heterocycles. The van der Waals surface area contributed by atoms with Crippen LogP contribution in [0.15, 0.2) is 12.2 Å². The van der Waals surface area contributed by atoms with Crippen molar-refractivity contribution in [3.05, 3.63) is 12.2 Å². The maximum Gasteiger partial charge on any atom is 0.309 e. The van der Waals surface area contributed by atoms with Crippen LogP contribution >= 0.6 is 0 Å². The molecule has 0 aromatic rings. The number of likely N-dealkylation sites (tertiary alicyclic amines) is 1. The molecule has 7 fully saturated rings. The summed E-state index contributed by atoms with van der Waals surface area (Å²) in [6.45, 7) is 28.1. The zero-order valence-electron chi connectivity index (χ0n) is 35.3. The minimum absolute atomic E-state index is 0.0699. The molecule has 0 aromatic carbocycles. The Labute approximate surface area is 326 Å². The number of carboxylic acids is 1. The normalized spacial score (nSPS) is 43.3. The number of morpholine rings is 1. The fourth-order valence-corrected chi connectivity index (χ4v) is 15.3. The molecule has 0 unspecified atom stereocenters. The Bertz CT molecular complexity index is 1480. The number of rotatable bonds is 9. The van der Waals surface area contributed by atoms with Crippen LogP contribution in [0.3, 0.4) is 0 Å². The molecule has 8 nitrogen and oxygen atoms in total. The third-order valence-corrected chi connectivity index (χ3v) is 18.4. The maximum atomic E-state index is 14.6. The molecule has 1 N–H and O–H groups in total. The molecule has 0 bridgehead atoms. The van der Waals surface area contributed by atoms with Crippen LogP contribution in [0.5, 0.6) is 0 Å². The molecule has 11 atom stereocenters. The van der Waals surface area contributed by atoms with Crippen molar-refractivity contribution in [2.45, 2.75) is 157 Å². The molecular weight excluding hydrogens is 677 g/mol. The lowest BCUT2D eigenvalue weighted by Crippen LogP contribution is -2.67. The largest absolute Gasteiger partial charge is 0.481 e. The first-order valence-electron chi connectivity index (χ1n) is 22.0. The maximum absolute atomic E-state index is 14.6. The molecule has 2 heterocycles. The van der Waals surface area contributed by atoms with Gasteiger partial charge in [-0.15, -0.1) is 0 Å². The number of carboxylic acid groups (broad SMARTS) is 1. The third-order valence-electron chi connectivity index (χ3n) is 18.4. The van der Waals surface area contributed by atoms with Crippen molar-refractivity contribution in [2.75, 3.05) is 39.4 Å². The highest BCUT2D eigenvalue weighted by Gasteiger charge is 2.71. The quantitative estimate of drug-likeness (QED) is 0.186. The van der Waals surface area contributed by atoms with Crippen LogP contribution in [-0.4, -0.2) is 84.3 Å². The summed E-state index contributed by atoms with van der Waals surface area (Å²) in [4.78, 5) is 44.3. The Hall–Kier alpha value is -1.93. The summed E-state index contributed by atoms with van der Waals surface area (Å²) < 4.78 is 11.8. The van der Waals surface area contributed by atoms with E-state index in [0.29, 0.717) is 48.0 Å². The lowest BCUT2D eigenvalue weighted by Gasteiger charge is -2.73. The van der Waals surface area contributed by atoms with Gasteiger partial charge in [0.2, 0.25) is 5.91 Å².